The van der Waals surface area contributed by atoms with Gasteiger partial charge in [-0.2, -0.15) is 14.7 Å². The second-order valence-electron chi connectivity index (χ2n) is 8.10. The molecule has 166 valence electrons. The highest BCUT2D eigenvalue weighted by Gasteiger charge is 2.37. The van der Waals surface area contributed by atoms with Crippen LogP contribution in [0.3, 0.4) is 0 Å². The van der Waals surface area contributed by atoms with Crippen molar-refractivity contribution in [3.63, 3.8) is 0 Å². The van der Waals surface area contributed by atoms with E-state index in [2.05, 4.69) is 21.5 Å². The lowest BCUT2D eigenvalue weighted by atomic mass is 9.96. The third kappa shape index (κ3) is 3.02. The molecule has 1 saturated heterocycles. The lowest BCUT2D eigenvalue weighted by molar-refractivity contribution is 0.0359. The normalized spacial score (nSPS) is 24.8. The summed E-state index contributed by atoms with van der Waals surface area (Å²) in [5, 5.41) is 17.8. The summed E-state index contributed by atoms with van der Waals surface area (Å²) in [6, 6.07) is 8.46. The predicted octanol–water partition coefficient (Wildman–Crippen LogP) is 2.26. The van der Waals surface area contributed by atoms with Gasteiger partial charge in [-0.3, -0.25) is 9.48 Å². The maximum atomic E-state index is 12.7. The van der Waals surface area contributed by atoms with E-state index in [0.717, 1.165) is 0 Å². The summed E-state index contributed by atoms with van der Waals surface area (Å²) in [7, 11) is -1.94. The number of benzene rings is 1. The topological polar surface area (TPSA) is 133 Å². The van der Waals surface area contributed by atoms with Gasteiger partial charge in [-0.1, -0.05) is 0 Å². The van der Waals surface area contributed by atoms with Gasteiger partial charge in [-0.25, -0.2) is 8.42 Å². The van der Waals surface area contributed by atoms with E-state index in [0.29, 0.717) is 47.6 Å². The first kappa shape index (κ1) is 20.7. The second-order valence-corrected chi connectivity index (χ2v) is 10.1. The Morgan fingerprint density at radius 1 is 1.34 bits per heavy atom. The molecule has 2 aliphatic rings. The number of nitrogens with zero attached hydrogens (tertiary/aromatic N) is 4. The van der Waals surface area contributed by atoms with Crippen molar-refractivity contribution >= 4 is 32.4 Å². The molecule has 3 atom stereocenters. The molecule has 5 rings (SSSR count). The standard InChI is InChI=1S/C21H22N6O4S/c1-12-15-9-14(3-4-18(15)32(29,30)26(12)2)24-20-19-16(5-7-23-21(19)28)27(25-20)17-11-31-8-6-13(17)10-22/h3-5,7,9,12-13,17H,6,8,11H2,1-2H3,(H,23,28)(H,24,25). The number of ether oxygens (including phenoxy) is 1. The van der Waals surface area contributed by atoms with Crippen molar-refractivity contribution < 1.29 is 13.2 Å². The minimum atomic E-state index is -3.50. The second kappa shape index (κ2) is 7.44. The van der Waals surface area contributed by atoms with Crippen molar-refractivity contribution in [1.82, 2.24) is 19.1 Å². The summed E-state index contributed by atoms with van der Waals surface area (Å²) >= 11 is 0. The summed E-state index contributed by atoms with van der Waals surface area (Å²) < 4.78 is 33.7. The van der Waals surface area contributed by atoms with Gasteiger partial charge in [-0.05, 0) is 43.2 Å². The number of fused-ring (bicyclic) bond motifs is 2. The van der Waals surface area contributed by atoms with E-state index in [1.54, 1.807) is 42.2 Å². The molecule has 4 heterocycles. The van der Waals surface area contributed by atoms with E-state index in [1.165, 1.54) is 4.31 Å². The zero-order valence-corrected chi connectivity index (χ0v) is 18.4. The van der Waals surface area contributed by atoms with Gasteiger partial charge in [0.15, 0.2) is 5.82 Å². The number of nitriles is 1. The molecule has 2 aromatic heterocycles. The number of hydrogen-bond donors (Lipinski definition) is 2. The van der Waals surface area contributed by atoms with Gasteiger partial charge in [-0.15, -0.1) is 0 Å². The van der Waals surface area contributed by atoms with E-state index in [1.807, 2.05) is 6.92 Å². The number of sulfonamides is 1. The molecular weight excluding hydrogens is 432 g/mol. The van der Waals surface area contributed by atoms with Crippen LogP contribution in [-0.2, 0) is 14.8 Å². The fourth-order valence-corrected chi connectivity index (χ4v) is 6.05. The third-order valence-corrected chi connectivity index (χ3v) is 8.36. The van der Waals surface area contributed by atoms with Crippen LogP contribution in [0.15, 0.2) is 40.2 Å². The van der Waals surface area contributed by atoms with Gasteiger partial charge in [0.05, 0.1) is 35.0 Å². The van der Waals surface area contributed by atoms with Crippen LogP contribution >= 0.6 is 0 Å². The number of rotatable bonds is 3. The van der Waals surface area contributed by atoms with Crippen molar-refractivity contribution in [3.05, 3.63) is 46.4 Å². The quantitative estimate of drug-likeness (QED) is 0.620. The number of anilines is 2. The molecule has 0 bridgehead atoms. The van der Waals surface area contributed by atoms with Gasteiger partial charge in [0, 0.05) is 31.6 Å². The van der Waals surface area contributed by atoms with Gasteiger partial charge in [0.2, 0.25) is 10.0 Å². The maximum absolute atomic E-state index is 12.7. The van der Waals surface area contributed by atoms with E-state index in [-0.39, 0.29) is 28.5 Å². The number of H-pyrrole nitrogens is 1. The monoisotopic (exact) mass is 454 g/mol. The van der Waals surface area contributed by atoms with E-state index in [4.69, 9.17) is 4.74 Å². The Kier molecular flexibility index (Phi) is 4.81. The fraction of sp³-hybridized carbons (Fsp3) is 0.381. The van der Waals surface area contributed by atoms with Crippen molar-refractivity contribution in [2.24, 2.45) is 5.92 Å². The minimum absolute atomic E-state index is 0.277. The summed E-state index contributed by atoms with van der Waals surface area (Å²) in [5.41, 5.74) is 1.59. The molecule has 10 nitrogen and oxygen atoms in total. The zero-order chi connectivity index (χ0) is 22.6. The minimum Gasteiger partial charge on any atom is -0.379 e. The highest BCUT2D eigenvalue weighted by Crippen LogP contribution is 2.40. The molecule has 3 unspecified atom stereocenters. The van der Waals surface area contributed by atoms with E-state index >= 15 is 0 Å². The average molecular weight is 455 g/mol. The molecular formula is C21H22N6O4S. The van der Waals surface area contributed by atoms with E-state index < -0.39 is 10.0 Å². The Morgan fingerprint density at radius 3 is 2.94 bits per heavy atom. The SMILES string of the molecule is CC1c2cc(Nc3nn(C4COCCC4C#N)c4cc[nH]c(=O)c34)ccc2S(=O)(=O)N1C. The highest BCUT2D eigenvalue weighted by atomic mass is 32.2. The Labute approximate surface area is 184 Å². The average Bonchev–Trinajstić information content (AvgIpc) is 3.24. The molecule has 2 N–H and O–H groups in total. The summed E-state index contributed by atoms with van der Waals surface area (Å²) in [5.74, 6) is 0.0616. The van der Waals surface area contributed by atoms with Gasteiger partial charge >= 0.3 is 0 Å². The molecule has 0 amide bonds. The fourth-order valence-electron chi connectivity index (χ4n) is 4.44. The molecule has 2 aliphatic heterocycles. The lowest BCUT2D eigenvalue weighted by Gasteiger charge is -2.27. The number of aromatic nitrogens is 3. The Morgan fingerprint density at radius 2 is 2.16 bits per heavy atom. The Balaban J connectivity index is 1.60. The summed E-state index contributed by atoms with van der Waals surface area (Å²) in [4.78, 5) is 15.6. The molecule has 3 aromatic rings. The van der Waals surface area contributed by atoms with Gasteiger partial charge in [0.25, 0.3) is 5.56 Å². The van der Waals surface area contributed by atoms with Crippen molar-refractivity contribution in [3.8, 4) is 6.07 Å². The van der Waals surface area contributed by atoms with Crippen LogP contribution in [0.4, 0.5) is 11.5 Å². The number of nitrogens with one attached hydrogen (secondary N) is 2. The number of aromatic amines is 1. The first-order valence-corrected chi connectivity index (χ1v) is 11.7. The molecule has 0 saturated carbocycles. The largest absolute Gasteiger partial charge is 0.379 e. The molecule has 1 aromatic carbocycles. The molecule has 32 heavy (non-hydrogen) atoms. The van der Waals surface area contributed by atoms with Crippen LogP contribution in [0.1, 0.15) is 31.0 Å². The third-order valence-electron chi connectivity index (χ3n) is 6.36. The zero-order valence-electron chi connectivity index (χ0n) is 17.6. The van der Waals surface area contributed by atoms with Crippen LogP contribution in [0.5, 0.6) is 0 Å². The molecule has 0 aliphatic carbocycles. The molecule has 11 heteroatoms. The van der Waals surface area contributed by atoms with E-state index in [9.17, 15) is 18.5 Å². The van der Waals surface area contributed by atoms with Crippen LogP contribution in [-0.4, -0.2) is 47.7 Å². The molecule has 1 fully saturated rings. The van der Waals surface area contributed by atoms with Crippen molar-refractivity contribution in [2.45, 2.75) is 30.3 Å². The lowest BCUT2D eigenvalue weighted by Crippen LogP contribution is -2.30. The van der Waals surface area contributed by atoms with Crippen LogP contribution < -0.4 is 10.9 Å². The first-order valence-electron chi connectivity index (χ1n) is 10.3. The van der Waals surface area contributed by atoms with Crippen LogP contribution in [0.25, 0.3) is 10.9 Å². The maximum Gasteiger partial charge on any atom is 0.261 e. The molecule has 0 radical (unpaired) electrons. The molecule has 0 spiro atoms. The first-order chi connectivity index (χ1) is 15.3. The Hall–Kier alpha value is -3.20. The summed E-state index contributed by atoms with van der Waals surface area (Å²) in [6.45, 7) is 2.68. The Bertz CT molecular complexity index is 1420. The van der Waals surface area contributed by atoms with Gasteiger partial charge in [0.1, 0.15) is 5.39 Å². The van der Waals surface area contributed by atoms with Crippen LogP contribution in [0, 0.1) is 17.2 Å². The van der Waals surface area contributed by atoms with Crippen molar-refractivity contribution in [1.29, 1.82) is 5.26 Å². The number of pyridine rings is 1. The highest BCUT2D eigenvalue weighted by molar-refractivity contribution is 7.89. The van der Waals surface area contributed by atoms with Gasteiger partial charge < -0.3 is 15.0 Å². The number of hydrogen-bond acceptors (Lipinski definition) is 7. The predicted molar refractivity (Wildman–Crippen MR) is 117 cm³/mol. The van der Waals surface area contributed by atoms with Crippen LogP contribution in [0.2, 0.25) is 0 Å². The van der Waals surface area contributed by atoms with Crippen molar-refractivity contribution in [2.75, 3.05) is 25.6 Å². The smallest absolute Gasteiger partial charge is 0.261 e. The summed E-state index contributed by atoms with van der Waals surface area (Å²) in [6.07, 6.45) is 2.15.